The molecule has 1 aliphatic heterocycles. The second kappa shape index (κ2) is 7.96. The van der Waals surface area contributed by atoms with Crippen LogP contribution < -0.4 is 16.0 Å². The van der Waals surface area contributed by atoms with E-state index in [1.807, 2.05) is 20.8 Å². The SMILES string of the molecule is CC(C)(C)OC(=O)NC1CCC(Nc2cc(F)cc3c2NC(C2CC2)=NS3(=O)=O)CC1. The fourth-order valence-electron chi connectivity index (χ4n) is 3.97. The van der Waals surface area contributed by atoms with E-state index in [1.165, 1.54) is 6.07 Å². The first-order chi connectivity index (χ1) is 14.5. The number of carbonyl (C=O) groups excluding carboxylic acids is 1. The molecule has 4 rings (SSSR count). The lowest BCUT2D eigenvalue weighted by Gasteiger charge is -2.32. The van der Waals surface area contributed by atoms with E-state index in [1.54, 1.807) is 0 Å². The van der Waals surface area contributed by atoms with Crippen LogP contribution in [0.2, 0.25) is 0 Å². The van der Waals surface area contributed by atoms with Crippen LogP contribution in [0.15, 0.2) is 21.4 Å². The van der Waals surface area contributed by atoms with Gasteiger partial charge in [-0.25, -0.2) is 9.18 Å². The van der Waals surface area contributed by atoms with Gasteiger partial charge in [-0.3, -0.25) is 0 Å². The summed E-state index contributed by atoms with van der Waals surface area (Å²) in [7, 11) is -3.94. The molecule has 2 saturated carbocycles. The van der Waals surface area contributed by atoms with Gasteiger partial charge in [0.1, 0.15) is 22.1 Å². The molecule has 10 heteroatoms. The first kappa shape index (κ1) is 21.9. The summed E-state index contributed by atoms with van der Waals surface area (Å²) < 4.78 is 48.5. The fraction of sp³-hybridized carbons (Fsp3) is 0.619. The van der Waals surface area contributed by atoms with E-state index < -0.39 is 27.5 Å². The zero-order chi connectivity index (χ0) is 22.4. The van der Waals surface area contributed by atoms with Crippen molar-refractivity contribution in [2.75, 3.05) is 10.6 Å². The molecule has 8 nitrogen and oxygen atoms in total. The van der Waals surface area contributed by atoms with Crippen LogP contribution in [0.1, 0.15) is 59.3 Å². The molecule has 170 valence electrons. The molecular weight excluding hydrogens is 423 g/mol. The van der Waals surface area contributed by atoms with Crippen LogP contribution in [0.25, 0.3) is 0 Å². The Kier molecular flexibility index (Phi) is 5.61. The van der Waals surface area contributed by atoms with Crippen LogP contribution in [-0.2, 0) is 14.8 Å². The minimum Gasteiger partial charge on any atom is -0.444 e. The molecule has 0 bridgehead atoms. The monoisotopic (exact) mass is 452 g/mol. The fourth-order valence-corrected chi connectivity index (χ4v) is 5.20. The molecule has 1 heterocycles. The number of ether oxygens (including phenoxy) is 1. The van der Waals surface area contributed by atoms with E-state index >= 15 is 0 Å². The molecule has 3 aliphatic rings. The maximum Gasteiger partial charge on any atom is 0.407 e. The highest BCUT2D eigenvalue weighted by molar-refractivity contribution is 7.90. The van der Waals surface area contributed by atoms with Gasteiger partial charge in [0.05, 0.1) is 11.4 Å². The number of hydrogen-bond acceptors (Lipinski definition) is 6. The maximum atomic E-state index is 14.2. The van der Waals surface area contributed by atoms with Gasteiger partial charge in [-0.05, 0) is 71.4 Å². The molecule has 1 amide bonds. The van der Waals surface area contributed by atoms with E-state index in [0.717, 1.165) is 44.6 Å². The highest BCUT2D eigenvalue weighted by Crippen LogP contribution is 2.40. The Hall–Kier alpha value is -2.36. The summed E-state index contributed by atoms with van der Waals surface area (Å²) >= 11 is 0. The molecule has 1 aromatic rings. The van der Waals surface area contributed by atoms with Crippen molar-refractivity contribution >= 4 is 33.3 Å². The lowest BCUT2D eigenvalue weighted by Crippen LogP contribution is -2.42. The molecule has 0 spiro atoms. The van der Waals surface area contributed by atoms with Crippen molar-refractivity contribution in [3.8, 4) is 0 Å². The van der Waals surface area contributed by atoms with Crippen LogP contribution in [-0.4, -0.2) is 38.0 Å². The summed E-state index contributed by atoms with van der Waals surface area (Å²) in [6.45, 7) is 5.46. The van der Waals surface area contributed by atoms with Crippen molar-refractivity contribution in [3.63, 3.8) is 0 Å². The number of anilines is 2. The molecule has 1 aromatic carbocycles. The largest absolute Gasteiger partial charge is 0.444 e. The molecule has 3 N–H and O–H groups in total. The molecule has 31 heavy (non-hydrogen) atoms. The zero-order valence-electron chi connectivity index (χ0n) is 18.0. The zero-order valence-corrected chi connectivity index (χ0v) is 18.8. The lowest BCUT2D eigenvalue weighted by atomic mass is 9.91. The van der Waals surface area contributed by atoms with Gasteiger partial charge in [0.25, 0.3) is 10.0 Å². The second-order valence-electron chi connectivity index (χ2n) is 9.52. The van der Waals surface area contributed by atoms with Crippen molar-refractivity contribution < 1.29 is 22.3 Å². The van der Waals surface area contributed by atoms with Crippen molar-refractivity contribution in [1.82, 2.24) is 5.32 Å². The number of amidine groups is 1. The van der Waals surface area contributed by atoms with Gasteiger partial charge in [-0.1, -0.05) is 0 Å². The Morgan fingerprint density at radius 1 is 1.13 bits per heavy atom. The standard InChI is InChI=1S/C21H29FN4O4S/c1-21(2,3)30-20(27)24-15-8-6-14(7-9-15)23-16-10-13(22)11-17-18(16)25-19(12-4-5-12)26-31(17,28)29/h10-12,14-15,23H,4-9H2,1-3H3,(H,24,27)(H,25,26). The van der Waals surface area contributed by atoms with Gasteiger partial charge >= 0.3 is 6.09 Å². The Bertz CT molecular complexity index is 1010. The van der Waals surface area contributed by atoms with E-state index in [9.17, 15) is 17.6 Å². The molecule has 0 unspecified atom stereocenters. The summed E-state index contributed by atoms with van der Waals surface area (Å²) in [5.74, 6) is -0.0698. The second-order valence-corrected chi connectivity index (χ2v) is 11.1. The molecule has 2 fully saturated rings. The Morgan fingerprint density at radius 2 is 1.77 bits per heavy atom. The number of rotatable bonds is 4. The first-order valence-corrected chi connectivity index (χ1v) is 12.2. The molecular formula is C21H29FN4O4S. The topological polar surface area (TPSA) is 109 Å². The molecule has 0 aromatic heterocycles. The molecule has 0 saturated heterocycles. The number of carbonyl (C=O) groups is 1. The number of hydrogen-bond donors (Lipinski definition) is 3. The third kappa shape index (κ3) is 5.28. The summed E-state index contributed by atoms with van der Waals surface area (Å²) in [5, 5.41) is 9.34. The average Bonchev–Trinajstić information content (AvgIpc) is 3.47. The minimum absolute atomic E-state index is 0.0152. The summed E-state index contributed by atoms with van der Waals surface area (Å²) in [4.78, 5) is 11.8. The van der Waals surface area contributed by atoms with Crippen LogP contribution in [0.4, 0.5) is 20.6 Å². The van der Waals surface area contributed by atoms with Crippen LogP contribution in [0.3, 0.4) is 0 Å². The van der Waals surface area contributed by atoms with E-state index in [0.29, 0.717) is 17.2 Å². The number of sulfonamides is 1. The van der Waals surface area contributed by atoms with Gasteiger partial charge in [0, 0.05) is 18.0 Å². The van der Waals surface area contributed by atoms with Crippen molar-refractivity contribution in [2.45, 2.75) is 81.9 Å². The van der Waals surface area contributed by atoms with Gasteiger partial charge in [0.15, 0.2) is 0 Å². The van der Waals surface area contributed by atoms with Gasteiger partial charge in [-0.15, -0.1) is 4.40 Å². The van der Waals surface area contributed by atoms with Gasteiger partial charge < -0.3 is 20.7 Å². The van der Waals surface area contributed by atoms with E-state index in [4.69, 9.17) is 4.74 Å². The third-order valence-electron chi connectivity index (χ3n) is 5.59. The van der Waals surface area contributed by atoms with Crippen molar-refractivity contribution in [2.24, 2.45) is 10.3 Å². The first-order valence-electron chi connectivity index (χ1n) is 10.7. The molecule has 0 atom stereocenters. The van der Waals surface area contributed by atoms with Gasteiger partial charge in [-0.2, -0.15) is 8.42 Å². The van der Waals surface area contributed by atoms with E-state index in [2.05, 4.69) is 20.3 Å². The Morgan fingerprint density at radius 3 is 2.39 bits per heavy atom. The van der Waals surface area contributed by atoms with Crippen LogP contribution >= 0.6 is 0 Å². The predicted molar refractivity (Wildman–Crippen MR) is 116 cm³/mol. The number of nitrogens with one attached hydrogen (secondary N) is 3. The number of benzene rings is 1. The number of amides is 1. The number of fused-ring (bicyclic) bond motifs is 1. The maximum absolute atomic E-state index is 14.2. The summed E-state index contributed by atoms with van der Waals surface area (Å²) in [6, 6.07) is 2.39. The van der Waals surface area contributed by atoms with Crippen LogP contribution in [0, 0.1) is 11.7 Å². The number of alkyl carbamates (subject to hydrolysis) is 1. The molecule has 0 radical (unpaired) electrons. The average molecular weight is 453 g/mol. The lowest BCUT2D eigenvalue weighted by molar-refractivity contribution is 0.0492. The van der Waals surface area contributed by atoms with Crippen molar-refractivity contribution in [1.29, 1.82) is 0 Å². The minimum atomic E-state index is -3.94. The quantitative estimate of drug-likeness (QED) is 0.637. The normalized spacial score (nSPS) is 25.0. The molecule has 2 aliphatic carbocycles. The summed E-state index contributed by atoms with van der Waals surface area (Å²) in [5.41, 5.74) is 0.248. The predicted octanol–water partition coefficient (Wildman–Crippen LogP) is 4.00. The smallest absolute Gasteiger partial charge is 0.407 e. The Labute approximate surface area is 182 Å². The number of nitrogens with zero attached hydrogens (tertiary/aromatic N) is 1. The third-order valence-corrected chi connectivity index (χ3v) is 6.90. The van der Waals surface area contributed by atoms with Gasteiger partial charge in [0.2, 0.25) is 0 Å². The highest BCUT2D eigenvalue weighted by atomic mass is 32.2. The highest BCUT2D eigenvalue weighted by Gasteiger charge is 2.36. The summed E-state index contributed by atoms with van der Waals surface area (Å²) in [6.07, 6.45) is 4.36. The number of halogens is 1. The van der Waals surface area contributed by atoms with Crippen molar-refractivity contribution in [3.05, 3.63) is 17.9 Å². The van der Waals surface area contributed by atoms with Crippen LogP contribution in [0.5, 0.6) is 0 Å². The Balaban J connectivity index is 1.42. The van der Waals surface area contributed by atoms with E-state index in [-0.39, 0.29) is 22.9 Å².